The first-order valence-electron chi connectivity index (χ1n) is 11.6. The molecule has 0 aliphatic carbocycles. The number of rotatable bonds is 8. The molecule has 34 heavy (non-hydrogen) atoms. The highest BCUT2D eigenvalue weighted by Crippen LogP contribution is 2.36. The van der Waals surface area contributed by atoms with E-state index in [1.165, 1.54) is 23.5 Å². The number of carbonyl (C=O) groups is 1. The lowest BCUT2D eigenvalue weighted by Crippen LogP contribution is -2.40. The van der Waals surface area contributed by atoms with Gasteiger partial charge in [0, 0.05) is 30.6 Å². The van der Waals surface area contributed by atoms with E-state index in [0.29, 0.717) is 30.9 Å². The number of esters is 1. The number of nitrogens with zero attached hydrogens (tertiary/aromatic N) is 1. The average Bonchev–Trinajstić information content (AvgIpc) is 3.21. The maximum absolute atomic E-state index is 12.9. The molecule has 2 heterocycles. The molecule has 1 fully saturated rings. The Morgan fingerprint density at radius 2 is 1.85 bits per heavy atom. The summed E-state index contributed by atoms with van der Waals surface area (Å²) in [5, 5.41) is 0. The van der Waals surface area contributed by atoms with E-state index in [4.69, 9.17) is 18.9 Å². The third-order valence-corrected chi connectivity index (χ3v) is 8.15. The van der Waals surface area contributed by atoms with Crippen LogP contribution in [0, 0.1) is 5.92 Å². The molecule has 2 aromatic rings. The highest BCUT2D eigenvalue weighted by atomic mass is 32.2. The molecule has 0 bridgehead atoms. The van der Waals surface area contributed by atoms with Crippen LogP contribution in [-0.4, -0.2) is 51.6 Å². The maximum Gasteiger partial charge on any atom is 0.309 e. The first-order valence-corrected chi connectivity index (χ1v) is 13.0. The van der Waals surface area contributed by atoms with Crippen LogP contribution in [-0.2, 0) is 32.6 Å². The standard InChI is InChI=1S/C25H31NO7S/c1-4-31-23-14-19-13-17(2)33-24(19)15-20(23)16-32-25(27)18-9-11-26(12-10-18)34(28,29)22-7-5-21(30-3)6-8-22/h5-8,14-15,17-18H,4,9-13,16H2,1-3H3. The largest absolute Gasteiger partial charge is 0.497 e. The van der Waals surface area contributed by atoms with E-state index in [9.17, 15) is 13.2 Å². The molecule has 1 unspecified atom stereocenters. The second-order valence-electron chi connectivity index (χ2n) is 8.59. The Morgan fingerprint density at radius 3 is 2.50 bits per heavy atom. The molecule has 1 atom stereocenters. The van der Waals surface area contributed by atoms with Crippen LogP contribution in [0.3, 0.4) is 0 Å². The molecule has 184 valence electrons. The molecular weight excluding hydrogens is 458 g/mol. The van der Waals surface area contributed by atoms with E-state index < -0.39 is 10.0 Å². The van der Waals surface area contributed by atoms with Gasteiger partial charge in [0.05, 0.1) is 24.5 Å². The summed E-state index contributed by atoms with van der Waals surface area (Å²) in [6, 6.07) is 10.2. The summed E-state index contributed by atoms with van der Waals surface area (Å²) in [5.74, 6) is 1.44. The van der Waals surface area contributed by atoms with Crippen LogP contribution in [0.5, 0.6) is 17.2 Å². The van der Waals surface area contributed by atoms with Gasteiger partial charge in [0.2, 0.25) is 10.0 Å². The maximum atomic E-state index is 12.9. The topological polar surface area (TPSA) is 91.4 Å². The third-order valence-electron chi connectivity index (χ3n) is 6.23. The minimum absolute atomic E-state index is 0.0869. The summed E-state index contributed by atoms with van der Waals surface area (Å²) < 4.78 is 49.6. The molecule has 2 aliphatic heterocycles. The predicted molar refractivity (Wildman–Crippen MR) is 126 cm³/mol. The zero-order valence-electron chi connectivity index (χ0n) is 19.8. The smallest absolute Gasteiger partial charge is 0.309 e. The Kier molecular flexibility index (Phi) is 7.33. The molecule has 4 rings (SSSR count). The van der Waals surface area contributed by atoms with Gasteiger partial charge in [0.25, 0.3) is 0 Å². The Labute approximate surface area is 200 Å². The van der Waals surface area contributed by atoms with Crippen molar-refractivity contribution in [3.63, 3.8) is 0 Å². The van der Waals surface area contributed by atoms with Crippen molar-refractivity contribution < 1.29 is 32.2 Å². The van der Waals surface area contributed by atoms with E-state index in [2.05, 4.69) is 0 Å². The van der Waals surface area contributed by atoms with Crippen molar-refractivity contribution in [2.24, 2.45) is 5.92 Å². The first-order chi connectivity index (χ1) is 16.3. The number of ether oxygens (including phenoxy) is 4. The van der Waals surface area contributed by atoms with Crippen LogP contribution in [0.2, 0.25) is 0 Å². The van der Waals surface area contributed by atoms with Crippen LogP contribution < -0.4 is 14.2 Å². The van der Waals surface area contributed by atoms with Gasteiger partial charge in [-0.05, 0) is 63.1 Å². The molecular formula is C25H31NO7S. The number of carbonyl (C=O) groups excluding carboxylic acids is 1. The van der Waals surface area contributed by atoms with Crippen LogP contribution in [0.15, 0.2) is 41.3 Å². The lowest BCUT2D eigenvalue weighted by molar-refractivity contribution is -0.151. The predicted octanol–water partition coefficient (Wildman–Crippen LogP) is 3.56. The monoisotopic (exact) mass is 489 g/mol. The van der Waals surface area contributed by atoms with E-state index >= 15 is 0 Å². The number of hydrogen-bond donors (Lipinski definition) is 0. The summed E-state index contributed by atoms with van der Waals surface area (Å²) in [5.41, 5.74) is 1.86. The van der Waals surface area contributed by atoms with Crippen LogP contribution in [0.4, 0.5) is 0 Å². The van der Waals surface area contributed by atoms with Crippen molar-refractivity contribution in [2.75, 3.05) is 26.8 Å². The SMILES string of the molecule is CCOc1cc2c(cc1COC(=O)C1CCN(S(=O)(=O)c3ccc(OC)cc3)CC1)OC(C)C2. The van der Waals surface area contributed by atoms with Crippen molar-refractivity contribution in [2.45, 2.75) is 50.7 Å². The van der Waals surface area contributed by atoms with Crippen molar-refractivity contribution in [1.29, 1.82) is 0 Å². The molecule has 0 radical (unpaired) electrons. The molecule has 0 spiro atoms. The van der Waals surface area contributed by atoms with Gasteiger partial charge in [-0.1, -0.05) is 0 Å². The number of fused-ring (bicyclic) bond motifs is 1. The van der Waals surface area contributed by atoms with Gasteiger partial charge >= 0.3 is 5.97 Å². The highest BCUT2D eigenvalue weighted by molar-refractivity contribution is 7.89. The van der Waals surface area contributed by atoms with E-state index in [1.807, 2.05) is 26.0 Å². The zero-order chi connectivity index (χ0) is 24.3. The summed E-state index contributed by atoms with van der Waals surface area (Å²) >= 11 is 0. The lowest BCUT2D eigenvalue weighted by Gasteiger charge is -2.30. The molecule has 2 aliphatic rings. The number of piperidine rings is 1. The quantitative estimate of drug-likeness (QED) is 0.524. The van der Waals surface area contributed by atoms with Gasteiger partial charge in [-0.2, -0.15) is 4.31 Å². The van der Waals surface area contributed by atoms with Crippen LogP contribution in [0.1, 0.15) is 37.8 Å². The third kappa shape index (κ3) is 5.15. The minimum Gasteiger partial charge on any atom is -0.497 e. The second kappa shape index (κ2) is 10.2. The van der Waals surface area contributed by atoms with Gasteiger partial charge in [-0.15, -0.1) is 0 Å². The van der Waals surface area contributed by atoms with E-state index in [1.54, 1.807) is 12.1 Å². The molecule has 0 N–H and O–H groups in total. The average molecular weight is 490 g/mol. The van der Waals surface area contributed by atoms with E-state index in [-0.39, 0.29) is 42.6 Å². The summed E-state index contributed by atoms with van der Waals surface area (Å²) in [4.78, 5) is 13.0. The minimum atomic E-state index is -3.62. The van der Waals surface area contributed by atoms with Gasteiger partial charge in [0.15, 0.2) is 0 Å². The number of hydrogen-bond acceptors (Lipinski definition) is 7. The molecule has 9 heteroatoms. The van der Waals surface area contributed by atoms with Crippen molar-refractivity contribution in [3.05, 3.63) is 47.5 Å². The normalized spacial score (nSPS) is 18.7. The van der Waals surface area contributed by atoms with Crippen LogP contribution >= 0.6 is 0 Å². The highest BCUT2D eigenvalue weighted by Gasteiger charge is 2.33. The van der Waals surface area contributed by atoms with Crippen LogP contribution in [0.25, 0.3) is 0 Å². The fraction of sp³-hybridized carbons (Fsp3) is 0.480. The number of sulfonamides is 1. The summed E-state index contributed by atoms with van der Waals surface area (Å²) in [6.45, 7) is 5.06. The Balaban J connectivity index is 1.35. The number of benzene rings is 2. The first kappa shape index (κ1) is 24.3. The van der Waals surface area contributed by atoms with Gasteiger partial charge in [-0.3, -0.25) is 4.79 Å². The Morgan fingerprint density at radius 1 is 1.15 bits per heavy atom. The molecule has 1 saturated heterocycles. The van der Waals surface area contributed by atoms with Crippen molar-refractivity contribution >= 4 is 16.0 Å². The van der Waals surface area contributed by atoms with Crippen molar-refractivity contribution in [3.8, 4) is 17.2 Å². The van der Waals surface area contributed by atoms with Crippen molar-refractivity contribution in [1.82, 2.24) is 4.31 Å². The fourth-order valence-corrected chi connectivity index (χ4v) is 5.85. The Bertz CT molecular complexity index is 1120. The summed E-state index contributed by atoms with van der Waals surface area (Å²) in [6.07, 6.45) is 1.77. The summed E-state index contributed by atoms with van der Waals surface area (Å²) in [7, 11) is -2.09. The molecule has 0 aromatic heterocycles. The van der Waals surface area contributed by atoms with Gasteiger partial charge in [0.1, 0.15) is 30.0 Å². The van der Waals surface area contributed by atoms with Gasteiger partial charge < -0.3 is 18.9 Å². The van der Waals surface area contributed by atoms with Gasteiger partial charge in [-0.25, -0.2) is 8.42 Å². The number of methoxy groups -OCH3 is 1. The molecule has 0 saturated carbocycles. The molecule has 0 amide bonds. The molecule has 2 aromatic carbocycles. The van der Waals surface area contributed by atoms with E-state index in [0.717, 1.165) is 23.3 Å². The fourth-order valence-electron chi connectivity index (χ4n) is 4.38. The Hall–Kier alpha value is -2.78. The lowest BCUT2D eigenvalue weighted by atomic mass is 9.98. The zero-order valence-corrected chi connectivity index (χ0v) is 20.6. The molecule has 8 nitrogen and oxygen atoms in total. The second-order valence-corrected chi connectivity index (χ2v) is 10.5.